The highest BCUT2D eigenvalue weighted by Crippen LogP contribution is 2.53. The number of amides is 1. The number of Topliss-reactive ketones (excluding diaryl/α,β-unsaturated/α-hetero) is 2. The highest BCUT2D eigenvalue weighted by atomic mass is 16.5. The number of rotatable bonds is 5. The summed E-state index contributed by atoms with van der Waals surface area (Å²) in [5.74, 6) is -6.46. The molecule has 0 spiro atoms. The van der Waals surface area contributed by atoms with Gasteiger partial charge in [0, 0.05) is 48.2 Å². The summed E-state index contributed by atoms with van der Waals surface area (Å²) in [5, 5.41) is 48.6. The second-order valence-electron chi connectivity index (χ2n) is 12.1. The fourth-order valence-electron chi connectivity index (χ4n) is 7.14. The molecule has 1 amide bonds. The van der Waals surface area contributed by atoms with E-state index in [1.54, 1.807) is 6.07 Å². The van der Waals surface area contributed by atoms with E-state index in [9.17, 15) is 34.8 Å². The first-order valence-corrected chi connectivity index (χ1v) is 14.3. The maximum atomic E-state index is 14.1. The van der Waals surface area contributed by atoms with Crippen LogP contribution in [-0.4, -0.2) is 73.8 Å². The lowest BCUT2D eigenvalue weighted by molar-refractivity contribution is -0.150. The zero-order chi connectivity index (χ0) is 30.1. The molecule has 3 aliphatic carbocycles. The van der Waals surface area contributed by atoms with Crippen molar-refractivity contribution in [3.8, 4) is 17.0 Å². The summed E-state index contributed by atoms with van der Waals surface area (Å²) in [7, 11) is 0. The Morgan fingerprint density at radius 2 is 1.88 bits per heavy atom. The zero-order valence-corrected chi connectivity index (χ0v) is 23.4. The number of carbonyl (C=O) groups excluding carboxylic acids is 3. The van der Waals surface area contributed by atoms with Crippen molar-refractivity contribution in [3.63, 3.8) is 0 Å². The standard InChI is InChI=1S/C31H35N3O8/c1-13(2)15-11-20(33-12-15)17-3-4-21(35)23-18(17)9-14-10-19-25(34-16-5-7-42-8-6-16)27(37)24(30(32)40)29(39)31(19,41)28(38)22(14)26(23)36/h3-4,11-14,16,19,25,33-36,39,41H,5-10H2,1-2H3,(H2,32,40)/t14-,19-,25?,31-/m0/s1. The number of ether oxygens (including phenoxy) is 1. The molecule has 8 N–H and O–H groups in total. The summed E-state index contributed by atoms with van der Waals surface area (Å²) < 4.78 is 5.41. The van der Waals surface area contributed by atoms with Gasteiger partial charge in [0.05, 0.1) is 11.6 Å². The molecule has 1 saturated heterocycles. The molecule has 11 nitrogen and oxygen atoms in total. The lowest BCUT2D eigenvalue weighted by Crippen LogP contribution is -2.67. The van der Waals surface area contributed by atoms with Crippen molar-refractivity contribution in [3.05, 3.63) is 58.0 Å². The highest BCUT2D eigenvalue weighted by Gasteiger charge is 2.64. The van der Waals surface area contributed by atoms with Crippen LogP contribution in [0.2, 0.25) is 0 Å². The molecule has 1 saturated carbocycles. The van der Waals surface area contributed by atoms with Crippen LogP contribution in [0.5, 0.6) is 5.75 Å². The SMILES string of the molecule is CC(C)c1c[nH]c(-c2ccc(O)c3c2C[C@H]2C[C@H]4C(NC5CCOCC5)C(=O)C(C(N)=O)=C(O)[C@@]4(O)C(=O)C2=C3O)c1. The second kappa shape index (κ2) is 10.1. The molecule has 1 aromatic heterocycles. The molecule has 1 aliphatic heterocycles. The Kier molecular flexibility index (Phi) is 6.79. The van der Waals surface area contributed by atoms with Gasteiger partial charge in [-0.3, -0.25) is 14.4 Å². The Bertz CT molecular complexity index is 1560. The first-order valence-electron chi connectivity index (χ1n) is 14.3. The third kappa shape index (κ3) is 4.10. The summed E-state index contributed by atoms with van der Waals surface area (Å²) in [6.07, 6.45) is 3.30. The van der Waals surface area contributed by atoms with Crippen LogP contribution in [0, 0.1) is 11.8 Å². The van der Waals surface area contributed by atoms with E-state index in [0.29, 0.717) is 31.6 Å². The van der Waals surface area contributed by atoms with Crippen molar-refractivity contribution < 1.29 is 39.5 Å². The van der Waals surface area contributed by atoms with Crippen molar-refractivity contribution in [2.24, 2.45) is 17.6 Å². The molecular formula is C31H35N3O8. The van der Waals surface area contributed by atoms with Crippen molar-refractivity contribution >= 4 is 23.2 Å². The monoisotopic (exact) mass is 577 g/mol. The third-order valence-corrected chi connectivity index (χ3v) is 9.38. The minimum Gasteiger partial charge on any atom is -0.508 e. The number of aromatic amines is 1. The number of benzene rings is 1. The van der Waals surface area contributed by atoms with Crippen LogP contribution in [-0.2, 0) is 25.5 Å². The largest absolute Gasteiger partial charge is 0.508 e. The van der Waals surface area contributed by atoms with Crippen LogP contribution in [0.4, 0.5) is 0 Å². The van der Waals surface area contributed by atoms with E-state index in [-0.39, 0.29) is 41.7 Å². The number of fused-ring (bicyclic) bond motifs is 3. The lowest BCUT2D eigenvalue weighted by atomic mass is 9.57. The normalized spacial score (nSPS) is 28.1. The molecule has 4 atom stereocenters. The molecule has 222 valence electrons. The van der Waals surface area contributed by atoms with E-state index in [4.69, 9.17) is 10.5 Å². The number of aromatic hydroxyl groups is 1. The molecule has 2 fully saturated rings. The Morgan fingerprint density at radius 3 is 2.52 bits per heavy atom. The maximum absolute atomic E-state index is 14.1. The molecule has 2 heterocycles. The molecule has 1 unspecified atom stereocenters. The Hall–Kier alpha value is -3.93. The first kappa shape index (κ1) is 28.2. The van der Waals surface area contributed by atoms with Gasteiger partial charge in [0.1, 0.15) is 22.8 Å². The summed E-state index contributed by atoms with van der Waals surface area (Å²) >= 11 is 0. The Labute approximate surface area is 242 Å². The van der Waals surface area contributed by atoms with Crippen molar-refractivity contribution in [2.45, 2.75) is 63.1 Å². The van der Waals surface area contributed by atoms with E-state index in [1.807, 2.05) is 12.3 Å². The molecule has 6 rings (SSSR count). The number of aliphatic hydroxyl groups excluding tert-OH is 2. The van der Waals surface area contributed by atoms with Crippen LogP contribution >= 0.6 is 0 Å². The number of aromatic nitrogens is 1. The van der Waals surface area contributed by atoms with E-state index < -0.39 is 58.0 Å². The topological polar surface area (TPSA) is 195 Å². The summed E-state index contributed by atoms with van der Waals surface area (Å²) in [5.41, 5.74) is 5.06. The Balaban J connectivity index is 1.49. The van der Waals surface area contributed by atoms with Crippen LogP contribution in [0.1, 0.15) is 55.7 Å². The van der Waals surface area contributed by atoms with Gasteiger partial charge in [-0.25, -0.2) is 0 Å². The van der Waals surface area contributed by atoms with E-state index in [1.165, 1.54) is 6.07 Å². The zero-order valence-electron chi connectivity index (χ0n) is 23.4. The van der Waals surface area contributed by atoms with Crippen LogP contribution in [0.15, 0.2) is 41.3 Å². The van der Waals surface area contributed by atoms with Gasteiger partial charge in [-0.15, -0.1) is 0 Å². The molecule has 0 radical (unpaired) electrons. The van der Waals surface area contributed by atoms with Crippen LogP contribution in [0.25, 0.3) is 17.0 Å². The number of H-pyrrole nitrogens is 1. The number of phenols is 1. The summed E-state index contributed by atoms with van der Waals surface area (Å²) in [6, 6.07) is 3.80. The first-order chi connectivity index (χ1) is 19.9. The molecule has 2 aromatic rings. The average molecular weight is 578 g/mol. The number of aliphatic hydroxyl groups is 3. The van der Waals surface area contributed by atoms with Crippen molar-refractivity contribution in [1.82, 2.24) is 10.3 Å². The van der Waals surface area contributed by atoms with Gasteiger partial charge in [0.2, 0.25) is 5.78 Å². The minimum atomic E-state index is -2.68. The van der Waals surface area contributed by atoms with Gasteiger partial charge in [-0.05, 0) is 66.8 Å². The minimum absolute atomic E-state index is 0.0286. The maximum Gasteiger partial charge on any atom is 0.255 e. The van der Waals surface area contributed by atoms with Crippen molar-refractivity contribution in [1.29, 1.82) is 0 Å². The molecule has 0 bridgehead atoms. The number of hydrogen-bond donors (Lipinski definition) is 7. The lowest BCUT2D eigenvalue weighted by Gasteiger charge is -2.49. The van der Waals surface area contributed by atoms with Gasteiger partial charge in [0.25, 0.3) is 5.91 Å². The molecule has 4 aliphatic rings. The van der Waals surface area contributed by atoms with Gasteiger partial charge in [-0.2, -0.15) is 0 Å². The van der Waals surface area contributed by atoms with E-state index in [0.717, 1.165) is 16.8 Å². The van der Waals surface area contributed by atoms with E-state index >= 15 is 0 Å². The van der Waals surface area contributed by atoms with E-state index in [2.05, 4.69) is 24.1 Å². The Morgan fingerprint density at radius 1 is 1.17 bits per heavy atom. The molecule has 42 heavy (non-hydrogen) atoms. The summed E-state index contributed by atoms with van der Waals surface area (Å²) in [6.45, 7) is 5.05. The second-order valence-corrected chi connectivity index (χ2v) is 12.1. The highest BCUT2D eigenvalue weighted by molar-refractivity contribution is 6.24. The van der Waals surface area contributed by atoms with Gasteiger partial charge >= 0.3 is 0 Å². The molecular weight excluding hydrogens is 542 g/mol. The predicted molar refractivity (Wildman–Crippen MR) is 151 cm³/mol. The number of carbonyl (C=O) groups is 3. The number of nitrogens with one attached hydrogen (secondary N) is 2. The average Bonchev–Trinajstić information content (AvgIpc) is 3.44. The number of hydrogen-bond acceptors (Lipinski definition) is 9. The quantitative estimate of drug-likeness (QED) is 0.261. The molecule has 1 aromatic carbocycles. The van der Waals surface area contributed by atoms with Gasteiger partial charge in [0.15, 0.2) is 11.4 Å². The van der Waals surface area contributed by atoms with Crippen LogP contribution < -0.4 is 11.1 Å². The van der Waals surface area contributed by atoms with Crippen molar-refractivity contribution in [2.75, 3.05) is 13.2 Å². The predicted octanol–water partition coefficient (Wildman–Crippen LogP) is 2.29. The summed E-state index contributed by atoms with van der Waals surface area (Å²) in [4.78, 5) is 43.3. The number of phenolic OH excluding ortho intramolecular Hbond substituents is 1. The van der Waals surface area contributed by atoms with Gasteiger partial charge in [-0.1, -0.05) is 13.8 Å². The smallest absolute Gasteiger partial charge is 0.255 e. The number of ketones is 2. The molecule has 11 heteroatoms. The fraction of sp³-hybridized carbons (Fsp3) is 0.452. The third-order valence-electron chi connectivity index (χ3n) is 9.38. The number of primary amides is 1. The van der Waals surface area contributed by atoms with Gasteiger partial charge < -0.3 is 41.2 Å². The van der Waals surface area contributed by atoms with Crippen LogP contribution in [0.3, 0.4) is 0 Å². The number of nitrogens with two attached hydrogens (primary N) is 1. The fourth-order valence-corrected chi connectivity index (χ4v) is 7.14.